The van der Waals surface area contributed by atoms with Crippen LogP contribution in [0, 0.1) is 10.1 Å². The van der Waals surface area contributed by atoms with Gasteiger partial charge in [-0.1, -0.05) is 11.6 Å². The number of nitrogens with zero attached hydrogens (tertiary/aromatic N) is 2. The van der Waals surface area contributed by atoms with E-state index in [2.05, 4.69) is 0 Å². The molecular weight excluding hydrogens is 308 g/mol. The fraction of sp³-hybridized carbons (Fsp3) is 0.182. The fourth-order valence-electron chi connectivity index (χ4n) is 1.49. The Bertz CT molecular complexity index is 601. The number of hydrogen-bond acceptors (Lipinski definition) is 5. The standard InChI is InChI=1S/C11H9ClN2O7/c12-8-3-6(14(20)21)1-2-7(8)11(19)13(4-9(15)16)5-10(17)18/h1-3H,4-5H2,(H,15,16)(H,17,18). The van der Waals surface area contributed by atoms with E-state index in [1.807, 2.05) is 0 Å². The van der Waals surface area contributed by atoms with E-state index in [-0.39, 0.29) is 16.3 Å². The highest BCUT2D eigenvalue weighted by atomic mass is 35.5. The maximum absolute atomic E-state index is 12.1. The van der Waals surface area contributed by atoms with Crippen molar-refractivity contribution in [1.29, 1.82) is 0 Å². The third kappa shape index (κ3) is 4.42. The van der Waals surface area contributed by atoms with Gasteiger partial charge in [-0.05, 0) is 6.07 Å². The van der Waals surface area contributed by atoms with E-state index in [9.17, 15) is 24.5 Å². The van der Waals surface area contributed by atoms with Gasteiger partial charge in [0.15, 0.2) is 0 Å². The lowest BCUT2D eigenvalue weighted by Gasteiger charge is -2.18. The van der Waals surface area contributed by atoms with Crippen LogP contribution in [-0.4, -0.2) is 51.0 Å². The number of nitro benzene ring substituents is 1. The van der Waals surface area contributed by atoms with Crippen molar-refractivity contribution in [1.82, 2.24) is 4.90 Å². The van der Waals surface area contributed by atoms with E-state index in [0.29, 0.717) is 4.90 Å². The Hall–Kier alpha value is -2.68. The molecule has 1 amide bonds. The molecule has 2 N–H and O–H groups in total. The Kier molecular flexibility index (Phi) is 5.19. The van der Waals surface area contributed by atoms with Gasteiger partial charge in [0.05, 0.1) is 15.5 Å². The van der Waals surface area contributed by atoms with E-state index < -0.39 is 35.9 Å². The van der Waals surface area contributed by atoms with Gasteiger partial charge in [-0.15, -0.1) is 0 Å². The van der Waals surface area contributed by atoms with Crippen LogP contribution in [0.5, 0.6) is 0 Å². The second-order valence-corrected chi connectivity index (χ2v) is 4.28. The van der Waals surface area contributed by atoms with Gasteiger partial charge in [0, 0.05) is 12.1 Å². The second-order valence-electron chi connectivity index (χ2n) is 3.87. The minimum Gasteiger partial charge on any atom is -0.480 e. The molecule has 1 aromatic carbocycles. The summed E-state index contributed by atoms with van der Waals surface area (Å²) in [6.45, 7) is -1.67. The van der Waals surface area contributed by atoms with Crippen molar-refractivity contribution < 1.29 is 29.5 Å². The lowest BCUT2D eigenvalue weighted by atomic mass is 10.1. The topological polar surface area (TPSA) is 138 Å². The molecule has 21 heavy (non-hydrogen) atoms. The number of halogens is 1. The molecular formula is C11H9ClN2O7. The van der Waals surface area contributed by atoms with Gasteiger partial charge in [0.2, 0.25) is 0 Å². The van der Waals surface area contributed by atoms with Gasteiger partial charge < -0.3 is 15.1 Å². The summed E-state index contributed by atoms with van der Waals surface area (Å²) in [4.78, 5) is 43.7. The number of carbonyl (C=O) groups excluding carboxylic acids is 1. The normalized spacial score (nSPS) is 9.95. The molecule has 0 radical (unpaired) electrons. The van der Waals surface area contributed by atoms with Gasteiger partial charge in [-0.25, -0.2) is 0 Å². The van der Waals surface area contributed by atoms with E-state index in [1.54, 1.807) is 0 Å². The molecule has 0 aliphatic heterocycles. The molecule has 1 rings (SSSR count). The van der Waals surface area contributed by atoms with Gasteiger partial charge in [0.25, 0.3) is 11.6 Å². The van der Waals surface area contributed by atoms with E-state index in [4.69, 9.17) is 21.8 Å². The Morgan fingerprint density at radius 1 is 1.19 bits per heavy atom. The van der Waals surface area contributed by atoms with Crippen molar-refractivity contribution in [3.8, 4) is 0 Å². The molecule has 9 nitrogen and oxygen atoms in total. The first-order valence-corrected chi connectivity index (χ1v) is 5.77. The van der Waals surface area contributed by atoms with Crippen LogP contribution in [0.25, 0.3) is 0 Å². The maximum atomic E-state index is 12.1. The number of hydrogen-bond donors (Lipinski definition) is 2. The molecule has 0 aromatic heterocycles. The number of benzene rings is 1. The number of carboxylic acid groups (broad SMARTS) is 2. The first kappa shape index (κ1) is 16.4. The largest absolute Gasteiger partial charge is 0.480 e. The number of carboxylic acids is 2. The van der Waals surface area contributed by atoms with E-state index in [1.165, 1.54) is 0 Å². The zero-order chi connectivity index (χ0) is 16.2. The summed E-state index contributed by atoms with van der Waals surface area (Å²) in [5, 5.41) is 27.6. The highest BCUT2D eigenvalue weighted by Crippen LogP contribution is 2.23. The van der Waals surface area contributed by atoms with Gasteiger partial charge >= 0.3 is 11.9 Å². The molecule has 0 aliphatic rings. The Labute approximate surface area is 122 Å². The third-order valence-corrected chi connectivity index (χ3v) is 2.65. The van der Waals surface area contributed by atoms with Gasteiger partial charge in [-0.2, -0.15) is 0 Å². The van der Waals surface area contributed by atoms with Crippen LogP contribution < -0.4 is 0 Å². The van der Waals surface area contributed by atoms with Crippen molar-refractivity contribution >= 4 is 35.1 Å². The predicted molar refractivity (Wildman–Crippen MR) is 69.3 cm³/mol. The van der Waals surface area contributed by atoms with Crippen molar-refractivity contribution in [3.05, 3.63) is 38.9 Å². The number of amides is 1. The lowest BCUT2D eigenvalue weighted by molar-refractivity contribution is -0.384. The van der Waals surface area contributed by atoms with Crippen LogP contribution in [0.15, 0.2) is 18.2 Å². The number of rotatable bonds is 6. The zero-order valence-corrected chi connectivity index (χ0v) is 11.1. The second kappa shape index (κ2) is 6.66. The lowest BCUT2D eigenvalue weighted by Crippen LogP contribution is -2.39. The summed E-state index contributed by atoms with van der Waals surface area (Å²) in [6, 6.07) is 2.98. The molecule has 0 spiro atoms. The average molecular weight is 317 g/mol. The summed E-state index contributed by atoms with van der Waals surface area (Å²) in [7, 11) is 0. The SMILES string of the molecule is O=C(O)CN(CC(=O)O)C(=O)c1ccc([N+](=O)[O-])cc1Cl. The van der Waals surface area contributed by atoms with Crippen LogP contribution in [0.1, 0.15) is 10.4 Å². The van der Waals surface area contributed by atoms with Crippen LogP contribution in [-0.2, 0) is 9.59 Å². The molecule has 0 saturated heterocycles. The summed E-state index contributed by atoms with van der Waals surface area (Å²) < 4.78 is 0. The number of carbonyl (C=O) groups is 3. The number of aliphatic carboxylic acids is 2. The first-order valence-electron chi connectivity index (χ1n) is 5.39. The number of nitro groups is 1. The molecule has 0 atom stereocenters. The van der Waals surface area contributed by atoms with Crippen molar-refractivity contribution in [2.24, 2.45) is 0 Å². The van der Waals surface area contributed by atoms with Gasteiger partial charge in [0.1, 0.15) is 13.1 Å². The highest BCUT2D eigenvalue weighted by Gasteiger charge is 2.24. The first-order chi connectivity index (χ1) is 9.72. The third-order valence-electron chi connectivity index (χ3n) is 2.33. The van der Waals surface area contributed by atoms with Crippen LogP contribution in [0.3, 0.4) is 0 Å². The molecule has 0 saturated carbocycles. The Balaban J connectivity index is 3.11. The summed E-state index contributed by atoms with van der Waals surface area (Å²) >= 11 is 5.74. The smallest absolute Gasteiger partial charge is 0.323 e. The highest BCUT2D eigenvalue weighted by molar-refractivity contribution is 6.34. The molecule has 112 valence electrons. The number of non-ortho nitro benzene ring substituents is 1. The molecule has 0 fully saturated rings. The summed E-state index contributed by atoms with van der Waals surface area (Å²) in [6.07, 6.45) is 0. The quantitative estimate of drug-likeness (QED) is 0.586. The van der Waals surface area contributed by atoms with Gasteiger partial charge in [-0.3, -0.25) is 24.5 Å². The Morgan fingerprint density at radius 2 is 1.71 bits per heavy atom. The average Bonchev–Trinajstić information content (AvgIpc) is 2.35. The van der Waals surface area contributed by atoms with Crippen LogP contribution in [0.2, 0.25) is 5.02 Å². The molecule has 0 unspecified atom stereocenters. The summed E-state index contributed by atoms with van der Waals surface area (Å²) in [5.74, 6) is -3.75. The van der Waals surface area contributed by atoms with Crippen LogP contribution >= 0.6 is 11.6 Å². The molecule has 1 aromatic rings. The van der Waals surface area contributed by atoms with Crippen molar-refractivity contribution in [3.63, 3.8) is 0 Å². The van der Waals surface area contributed by atoms with Crippen molar-refractivity contribution in [2.75, 3.05) is 13.1 Å². The predicted octanol–water partition coefficient (Wildman–Crippen LogP) is 0.860. The van der Waals surface area contributed by atoms with E-state index >= 15 is 0 Å². The molecule has 0 bridgehead atoms. The zero-order valence-electron chi connectivity index (χ0n) is 10.4. The molecule has 10 heteroatoms. The molecule has 0 aliphatic carbocycles. The summed E-state index contributed by atoms with van der Waals surface area (Å²) in [5.41, 5.74) is -0.565. The minimum absolute atomic E-state index is 0.218. The fourth-order valence-corrected chi connectivity index (χ4v) is 1.74. The van der Waals surface area contributed by atoms with Crippen molar-refractivity contribution in [2.45, 2.75) is 0 Å². The van der Waals surface area contributed by atoms with Crippen LogP contribution in [0.4, 0.5) is 5.69 Å². The monoisotopic (exact) mass is 316 g/mol. The minimum atomic E-state index is -1.40. The molecule has 0 heterocycles. The maximum Gasteiger partial charge on any atom is 0.323 e. The van der Waals surface area contributed by atoms with E-state index in [0.717, 1.165) is 18.2 Å². The Morgan fingerprint density at radius 3 is 2.10 bits per heavy atom.